The van der Waals surface area contributed by atoms with Crippen LogP contribution < -0.4 is 21.7 Å². The van der Waals surface area contributed by atoms with E-state index in [1.54, 1.807) is 12.1 Å². The predicted molar refractivity (Wildman–Crippen MR) is 151 cm³/mol. The van der Waals surface area contributed by atoms with Gasteiger partial charge < -0.3 is 21.7 Å². The van der Waals surface area contributed by atoms with Gasteiger partial charge in [0, 0.05) is 18.7 Å². The number of pyridine rings is 1. The summed E-state index contributed by atoms with van der Waals surface area (Å²) < 4.78 is 37.8. The molecule has 2 saturated carbocycles. The Balaban J connectivity index is 1.77. The Kier molecular flexibility index (Phi) is 11.3. The lowest BCUT2D eigenvalue weighted by Crippen LogP contribution is -2.51. The van der Waals surface area contributed by atoms with Gasteiger partial charge in [-0.2, -0.15) is 13.2 Å². The molecule has 12 heteroatoms. The first-order chi connectivity index (χ1) is 19.4. The molecular weight excluding hydrogens is 537 g/mol. The maximum atomic E-state index is 13.6. The minimum absolute atomic E-state index is 0.0902. The average molecular weight is 579 g/mol. The highest BCUT2D eigenvalue weighted by Gasteiger charge is 2.36. The van der Waals surface area contributed by atoms with Crippen molar-refractivity contribution >= 4 is 29.3 Å². The van der Waals surface area contributed by atoms with Crippen LogP contribution in [-0.2, 0) is 14.4 Å². The van der Waals surface area contributed by atoms with Gasteiger partial charge in [0.25, 0.3) is 5.91 Å². The van der Waals surface area contributed by atoms with E-state index in [1.807, 2.05) is 13.8 Å². The van der Waals surface area contributed by atoms with Crippen LogP contribution in [0.5, 0.6) is 0 Å². The summed E-state index contributed by atoms with van der Waals surface area (Å²) in [5, 5.41) is 8.40. The number of rotatable bonds is 12. The molecule has 0 saturated heterocycles. The molecule has 0 aliphatic heterocycles. The first-order valence-electron chi connectivity index (χ1n) is 14.3. The summed E-state index contributed by atoms with van der Waals surface area (Å²) in [5.41, 5.74) is 6.29. The van der Waals surface area contributed by atoms with Crippen LogP contribution in [0.2, 0.25) is 0 Å². The maximum absolute atomic E-state index is 13.6. The monoisotopic (exact) mass is 578 g/mol. The number of aromatic nitrogens is 1. The number of halogens is 3. The van der Waals surface area contributed by atoms with E-state index in [0.29, 0.717) is 11.5 Å². The topological polar surface area (TPSA) is 139 Å². The summed E-state index contributed by atoms with van der Waals surface area (Å²) in [7, 11) is 0. The fourth-order valence-electron chi connectivity index (χ4n) is 5.09. The number of hydrogen-bond acceptors (Lipinski definition) is 6. The summed E-state index contributed by atoms with van der Waals surface area (Å²) in [6.45, 7) is 5.82. The Morgan fingerprint density at radius 1 is 1.10 bits per heavy atom. The Labute approximate surface area is 239 Å². The van der Waals surface area contributed by atoms with Crippen LogP contribution >= 0.6 is 0 Å². The van der Waals surface area contributed by atoms with E-state index in [4.69, 9.17) is 5.73 Å². The highest BCUT2D eigenvalue weighted by atomic mass is 19.4. The third-order valence-corrected chi connectivity index (χ3v) is 7.42. The SMILES string of the molecule is CC1CCC([C@H](NC(=O)C(/C=C\N)=NC(C)C)C(=O)Nc2cc(C(NC(=O)CCC(F)(F)F)C3CC3)ccn2)CC1. The van der Waals surface area contributed by atoms with Gasteiger partial charge in [-0.05, 0) is 87.3 Å². The molecule has 2 aliphatic carbocycles. The zero-order chi connectivity index (χ0) is 30.2. The molecule has 5 N–H and O–H groups in total. The van der Waals surface area contributed by atoms with Gasteiger partial charge in [0.2, 0.25) is 11.8 Å². The number of aliphatic imine (C=N–C) groups is 1. The fourth-order valence-corrected chi connectivity index (χ4v) is 5.09. The number of nitrogens with two attached hydrogens (primary N) is 1. The minimum atomic E-state index is -4.41. The lowest BCUT2D eigenvalue weighted by atomic mass is 9.79. The quantitative estimate of drug-likeness (QED) is 0.269. The molecule has 0 spiro atoms. The zero-order valence-corrected chi connectivity index (χ0v) is 23.8. The highest BCUT2D eigenvalue weighted by Crippen LogP contribution is 2.41. The van der Waals surface area contributed by atoms with E-state index in [9.17, 15) is 27.6 Å². The lowest BCUT2D eigenvalue weighted by Gasteiger charge is -2.32. The molecule has 0 bridgehead atoms. The normalized spacial score (nSPS) is 21.4. The first kappa shape index (κ1) is 32.1. The number of carbonyl (C=O) groups is 3. The second-order valence-electron chi connectivity index (χ2n) is 11.4. The van der Waals surface area contributed by atoms with E-state index in [-0.39, 0.29) is 29.4 Å². The summed E-state index contributed by atoms with van der Waals surface area (Å²) in [6, 6.07) is 1.82. The van der Waals surface area contributed by atoms with Crippen molar-refractivity contribution in [1.82, 2.24) is 15.6 Å². The van der Waals surface area contributed by atoms with Crippen LogP contribution in [0.3, 0.4) is 0 Å². The average Bonchev–Trinajstić information content (AvgIpc) is 3.74. The van der Waals surface area contributed by atoms with E-state index >= 15 is 0 Å². The van der Waals surface area contributed by atoms with Gasteiger partial charge in [0.05, 0.1) is 12.5 Å². The number of hydrogen-bond donors (Lipinski definition) is 4. The van der Waals surface area contributed by atoms with Gasteiger partial charge in [-0.1, -0.05) is 19.8 Å². The van der Waals surface area contributed by atoms with Gasteiger partial charge in [-0.15, -0.1) is 0 Å². The molecule has 1 aromatic rings. The van der Waals surface area contributed by atoms with Gasteiger partial charge in [0.15, 0.2) is 0 Å². The molecule has 1 aromatic heterocycles. The zero-order valence-electron chi connectivity index (χ0n) is 23.8. The number of anilines is 1. The first-order valence-corrected chi connectivity index (χ1v) is 14.3. The number of carbonyl (C=O) groups excluding carboxylic acids is 3. The number of amides is 3. The molecular formula is C29H41F3N6O3. The standard InChI is InChI=1S/C29H41F3N6O3/c1-17(2)35-22(11-14-33)27(40)38-26(20-6-4-18(3)5-7-20)28(41)36-23-16-21(12-15-34-23)25(19-8-9-19)37-24(39)10-13-29(30,31)32/h11-12,14-20,25-26H,4-10,13,33H2,1-3H3,(H,37,39)(H,38,40)(H,34,36,41)/b14-11-,35-22?/t18?,20?,25?,26-/m0/s1. The van der Waals surface area contributed by atoms with Crippen LogP contribution in [0.1, 0.15) is 83.7 Å². The van der Waals surface area contributed by atoms with E-state index in [1.165, 1.54) is 18.5 Å². The van der Waals surface area contributed by atoms with Crippen LogP contribution in [-0.4, -0.2) is 46.7 Å². The molecule has 3 amide bonds. The van der Waals surface area contributed by atoms with Crippen LogP contribution in [0.25, 0.3) is 0 Å². The molecule has 0 aromatic carbocycles. The summed E-state index contributed by atoms with van der Waals surface area (Å²) in [6.07, 6.45) is 2.94. The Hall–Kier alpha value is -3.44. The summed E-state index contributed by atoms with van der Waals surface area (Å²) in [5.74, 6) is -0.844. The van der Waals surface area contributed by atoms with Gasteiger partial charge in [-0.25, -0.2) is 4.98 Å². The third kappa shape index (κ3) is 10.5. The Morgan fingerprint density at radius 3 is 2.34 bits per heavy atom. The molecule has 3 rings (SSSR count). The molecule has 1 unspecified atom stereocenters. The van der Waals surface area contributed by atoms with Gasteiger partial charge in [-0.3, -0.25) is 19.4 Å². The molecule has 2 aliphatic rings. The molecule has 9 nitrogen and oxygen atoms in total. The second-order valence-corrected chi connectivity index (χ2v) is 11.4. The van der Waals surface area contributed by atoms with Gasteiger partial charge in [0.1, 0.15) is 17.6 Å². The van der Waals surface area contributed by atoms with Crippen LogP contribution in [0.15, 0.2) is 35.6 Å². The van der Waals surface area contributed by atoms with Gasteiger partial charge >= 0.3 is 6.18 Å². The smallest absolute Gasteiger partial charge is 0.389 e. The number of alkyl halides is 3. The third-order valence-electron chi connectivity index (χ3n) is 7.42. The molecule has 226 valence electrons. The van der Waals surface area contributed by atoms with Crippen molar-refractivity contribution in [3.05, 3.63) is 36.2 Å². The van der Waals surface area contributed by atoms with Crippen molar-refractivity contribution in [3.63, 3.8) is 0 Å². The van der Waals surface area contributed by atoms with Crippen molar-refractivity contribution in [2.45, 2.75) is 96.4 Å². The minimum Gasteiger partial charge on any atom is -0.405 e. The van der Waals surface area contributed by atoms with Crippen LogP contribution in [0, 0.1) is 17.8 Å². The molecule has 2 fully saturated rings. The van der Waals surface area contributed by atoms with Crippen LogP contribution in [0.4, 0.5) is 19.0 Å². The fraction of sp³-hybridized carbons (Fsp3) is 0.621. The Morgan fingerprint density at radius 2 is 1.76 bits per heavy atom. The van der Waals surface area contributed by atoms with E-state index in [0.717, 1.165) is 38.5 Å². The van der Waals surface area contributed by atoms with Crippen molar-refractivity contribution in [2.24, 2.45) is 28.5 Å². The summed E-state index contributed by atoms with van der Waals surface area (Å²) in [4.78, 5) is 47.6. The predicted octanol–water partition coefficient (Wildman–Crippen LogP) is 4.56. The molecule has 0 radical (unpaired) electrons. The van der Waals surface area contributed by atoms with Crippen molar-refractivity contribution < 1.29 is 27.6 Å². The van der Waals surface area contributed by atoms with E-state index < -0.39 is 48.8 Å². The maximum Gasteiger partial charge on any atom is 0.389 e. The number of nitrogens with one attached hydrogen (secondary N) is 3. The van der Waals surface area contributed by atoms with Crippen molar-refractivity contribution in [3.8, 4) is 0 Å². The lowest BCUT2D eigenvalue weighted by molar-refractivity contribution is -0.144. The van der Waals surface area contributed by atoms with Crippen molar-refractivity contribution in [1.29, 1.82) is 0 Å². The second kappa shape index (κ2) is 14.5. The largest absolute Gasteiger partial charge is 0.405 e. The Bertz CT molecular complexity index is 1130. The summed E-state index contributed by atoms with van der Waals surface area (Å²) >= 11 is 0. The molecule has 2 atom stereocenters. The number of nitrogens with zero attached hydrogens (tertiary/aromatic N) is 2. The molecule has 41 heavy (non-hydrogen) atoms. The molecule has 1 heterocycles. The highest BCUT2D eigenvalue weighted by molar-refractivity contribution is 6.43. The van der Waals surface area contributed by atoms with Crippen molar-refractivity contribution in [2.75, 3.05) is 5.32 Å². The van der Waals surface area contributed by atoms with E-state index in [2.05, 4.69) is 32.9 Å².